The molecule has 2 N–H and O–H groups in total. The first-order valence-electron chi connectivity index (χ1n) is 10.5. The molecule has 0 fully saturated rings. The maximum Gasteiger partial charge on any atom is 0.163 e. The third kappa shape index (κ3) is 3.72. The number of nitrogens with two attached hydrogens (primary N) is 1. The molecule has 0 atom stereocenters. The molecule has 6 heteroatoms. The molecule has 3 heterocycles. The first kappa shape index (κ1) is 20.5. The number of para-hydroxylation sites is 1. The van der Waals surface area contributed by atoms with Crippen molar-refractivity contribution >= 4 is 27.8 Å². The summed E-state index contributed by atoms with van der Waals surface area (Å²) in [6.07, 6.45) is 1.48. The van der Waals surface area contributed by atoms with Crippen molar-refractivity contribution in [3.8, 4) is 11.3 Å². The third-order valence-corrected chi connectivity index (χ3v) is 5.26. The number of rotatable bonds is 3. The van der Waals surface area contributed by atoms with Gasteiger partial charge in [-0.05, 0) is 31.5 Å². The highest BCUT2D eigenvalue weighted by atomic mass is 15.3. The van der Waals surface area contributed by atoms with Crippen LogP contribution in [0.1, 0.15) is 30.7 Å². The van der Waals surface area contributed by atoms with E-state index in [1.165, 1.54) is 11.9 Å². The summed E-state index contributed by atoms with van der Waals surface area (Å²) in [5, 5.41) is 6.59. The topological polar surface area (TPSA) is 82.5 Å². The number of benzene rings is 2. The molecular weight excluding hydrogens is 384 g/mol. The number of hydrogen-bond donors (Lipinski definition) is 1. The van der Waals surface area contributed by atoms with E-state index in [2.05, 4.69) is 46.3 Å². The molecule has 0 aliphatic heterocycles. The lowest BCUT2D eigenvalue weighted by Crippen LogP contribution is -2.06. The van der Waals surface area contributed by atoms with E-state index >= 15 is 0 Å². The number of nitrogen functional groups attached to an aromatic ring is 1. The third-order valence-electron chi connectivity index (χ3n) is 5.26. The second-order valence-electron chi connectivity index (χ2n) is 7.20. The Balaban J connectivity index is 0.00000112. The molecule has 0 saturated carbocycles. The molecule has 0 amide bonds. The zero-order valence-electron chi connectivity index (χ0n) is 18.3. The van der Waals surface area contributed by atoms with E-state index in [-0.39, 0.29) is 0 Å². The fraction of sp³-hybridized carbons (Fsp3) is 0.200. The molecule has 2 aromatic carbocycles. The van der Waals surface area contributed by atoms with Crippen LogP contribution in [0.2, 0.25) is 0 Å². The average Bonchev–Trinajstić information content (AvgIpc) is 3.11. The predicted molar refractivity (Wildman–Crippen MR) is 127 cm³/mol. The molecule has 0 aliphatic rings. The van der Waals surface area contributed by atoms with E-state index in [0.717, 1.165) is 44.5 Å². The van der Waals surface area contributed by atoms with Crippen molar-refractivity contribution in [1.29, 1.82) is 0 Å². The predicted octanol–water partition coefficient (Wildman–Crippen LogP) is 5.32. The summed E-state index contributed by atoms with van der Waals surface area (Å²) in [5.41, 5.74) is 12.9. The standard InChI is InChI=1S/C23H20N6.C2H6/c1-14-7-3-5-9-18(14)21-17(11-16-8-4-6-10-19(16)27-21)12-29-23-20(15(2)28-29)22(24)25-13-26-23;1-2/h3-11,13H,12H2,1-2H3,(H2,24,25,26);1-2H3. The van der Waals surface area contributed by atoms with Gasteiger partial charge in [-0.1, -0.05) is 56.3 Å². The largest absolute Gasteiger partial charge is 0.383 e. The minimum absolute atomic E-state index is 0.453. The van der Waals surface area contributed by atoms with Gasteiger partial charge in [0.1, 0.15) is 12.1 Å². The Morgan fingerprint density at radius 1 is 0.935 bits per heavy atom. The summed E-state index contributed by atoms with van der Waals surface area (Å²) in [5.74, 6) is 0.453. The van der Waals surface area contributed by atoms with Crippen LogP contribution in [0.4, 0.5) is 5.82 Å². The van der Waals surface area contributed by atoms with Crippen LogP contribution in [-0.4, -0.2) is 24.7 Å². The van der Waals surface area contributed by atoms with Gasteiger partial charge >= 0.3 is 0 Å². The summed E-state index contributed by atoms with van der Waals surface area (Å²) >= 11 is 0. The molecule has 5 aromatic rings. The average molecular weight is 411 g/mol. The number of anilines is 1. The van der Waals surface area contributed by atoms with Crippen LogP contribution < -0.4 is 5.73 Å². The molecule has 3 aromatic heterocycles. The van der Waals surface area contributed by atoms with E-state index < -0.39 is 0 Å². The summed E-state index contributed by atoms with van der Waals surface area (Å²) in [7, 11) is 0. The molecule has 6 nitrogen and oxygen atoms in total. The lowest BCUT2D eigenvalue weighted by molar-refractivity contribution is 0.695. The van der Waals surface area contributed by atoms with Crippen molar-refractivity contribution in [1.82, 2.24) is 24.7 Å². The highest BCUT2D eigenvalue weighted by molar-refractivity contribution is 5.88. The van der Waals surface area contributed by atoms with E-state index in [4.69, 9.17) is 10.7 Å². The van der Waals surface area contributed by atoms with Crippen LogP contribution in [0.15, 0.2) is 60.9 Å². The Morgan fingerprint density at radius 3 is 2.48 bits per heavy atom. The van der Waals surface area contributed by atoms with Gasteiger partial charge in [-0.15, -0.1) is 0 Å². The summed E-state index contributed by atoms with van der Waals surface area (Å²) < 4.78 is 1.89. The van der Waals surface area contributed by atoms with Gasteiger partial charge in [-0.3, -0.25) is 0 Å². The number of hydrogen-bond acceptors (Lipinski definition) is 5. The molecule has 0 saturated heterocycles. The number of fused-ring (bicyclic) bond motifs is 2. The Morgan fingerprint density at radius 2 is 1.68 bits per heavy atom. The van der Waals surface area contributed by atoms with Crippen LogP contribution in [0.5, 0.6) is 0 Å². The zero-order valence-corrected chi connectivity index (χ0v) is 18.3. The first-order valence-corrected chi connectivity index (χ1v) is 10.5. The van der Waals surface area contributed by atoms with Gasteiger partial charge in [0.2, 0.25) is 0 Å². The second kappa shape index (κ2) is 8.52. The van der Waals surface area contributed by atoms with E-state index in [9.17, 15) is 0 Å². The number of nitrogens with zero attached hydrogens (tertiary/aromatic N) is 5. The van der Waals surface area contributed by atoms with Gasteiger partial charge in [0, 0.05) is 16.5 Å². The van der Waals surface area contributed by atoms with Crippen molar-refractivity contribution < 1.29 is 0 Å². The molecule has 0 spiro atoms. The number of aryl methyl sites for hydroxylation is 2. The fourth-order valence-electron chi connectivity index (χ4n) is 3.83. The molecule has 0 bridgehead atoms. The van der Waals surface area contributed by atoms with Crippen molar-refractivity contribution in [3.05, 3.63) is 77.7 Å². The van der Waals surface area contributed by atoms with Crippen molar-refractivity contribution in [2.75, 3.05) is 5.73 Å². The first-order chi connectivity index (χ1) is 15.1. The van der Waals surface area contributed by atoms with Crippen LogP contribution in [0, 0.1) is 13.8 Å². The fourth-order valence-corrected chi connectivity index (χ4v) is 3.83. The molecular formula is C25H26N6. The Hall–Kier alpha value is -3.80. The maximum atomic E-state index is 6.06. The van der Waals surface area contributed by atoms with Gasteiger partial charge in [0.05, 0.1) is 28.8 Å². The van der Waals surface area contributed by atoms with Gasteiger partial charge in [0.25, 0.3) is 0 Å². The summed E-state index contributed by atoms with van der Waals surface area (Å²) in [6, 6.07) is 18.7. The van der Waals surface area contributed by atoms with E-state index in [1.807, 2.05) is 55.8 Å². The van der Waals surface area contributed by atoms with E-state index in [1.54, 1.807) is 0 Å². The lowest BCUT2D eigenvalue weighted by Gasteiger charge is -2.13. The van der Waals surface area contributed by atoms with Crippen LogP contribution in [0.25, 0.3) is 33.2 Å². The van der Waals surface area contributed by atoms with Gasteiger partial charge in [0.15, 0.2) is 5.65 Å². The molecule has 0 aliphatic carbocycles. The Kier molecular flexibility index (Phi) is 5.62. The van der Waals surface area contributed by atoms with Crippen LogP contribution in [0.3, 0.4) is 0 Å². The minimum atomic E-state index is 0.453. The smallest absolute Gasteiger partial charge is 0.163 e. The Bertz CT molecular complexity index is 1370. The SMILES string of the molecule is CC.Cc1ccccc1-c1nc2ccccc2cc1Cn1nc(C)c2c(N)ncnc21. The van der Waals surface area contributed by atoms with Crippen LogP contribution in [-0.2, 0) is 6.54 Å². The monoisotopic (exact) mass is 410 g/mol. The lowest BCUT2D eigenvalue weighted by atomic mass is 9.99. The van der Waals surface area contributed by atoms with Crippen LogP contribution >= 0.6 is 0 Å². The summed E-state index contributed by atoms with van der Waals surface area (Å²) in [6.45, 7) is 8.58. The quantitative estimate of drug-likeness (QED) is 0.435. The molecule has 156 valence electrons. The Labute approximate surface area is 181 Å². The zero-order chi connectivity index (χ0) is 22.0. The van der Waals surface area contributed by atoms with Crippen molar-refractivity contribution in [2.24, 2.45) is 0 Å². The highest BCUT2D eigenvalue weighted by Gasteiger charge is 2.16. The van der Waals surface area contributed by atoms with Gasteiger partial charge in [-0.2, -0.15) is 5.10 Å². The molecule has 0 radical (unpaired) electrons. The second-order valence-corrected chi connectivity index (χ2v) is 7.20. The van der Waals surface area contributed by atoms with E-state index in [0.29, 0.717) is 12.4 Å². The van der Waals surface area contributed by atoms with Gasteiger partial charge in [-0.25, -0.2) is 19.6 Å². The minimum Gasteiger partial charge on any atom is -0.383 e. The van der Waals surface area contributed by atoms with Crippen molar-refractivity contribution in [2.45, 2.75) is 34.2 Å². The van der Waals surface area contributed by atoms with Gasteiger partial charge < -0.3 is 5.73 Å². The molecule has 0 unspecified atom stereocenters. The normalized spacial score (nSPS) is 10.8. The molecule has 5 rings (SSSR count). The highest BCUT2D eigenvalue weighted by Crippen LogP contribution is 2.30. The van der Waals surface area contributed by atoms with Crippen molar-refractivity contribution in [3.63, 3.8) is 0 Å². The number of aromatic nitrogens is 5. The molecule has 31 heavy (non-hydrogen) atoms. The number of pyridine rings is 1. The maximum absolute atomic E-state index is 6.06. The summed E-state index contributed by atoms with van der Waals surface area (Å²) in [4.78, 5) is 13.5.